The monoisotopic (exact) mass is 156 g/mol. The molecule has 0 aromatic heterocycles. The van der Waals surface area contributed by atoms with E-state index in [0.717, 1.165) is 0 Å². The van der Waals surface area contributed by atoms with E-state index in [2.05, 4.69) is 8.85 Å². The lowest BCUT2D eigenvalue weighted by Gasteiger charge is -2.03. The van der Waals surface area contributed by atoms with Gasteiger partial charge in [-0.3, -0.25) is 0 Å². The predicted octanol–water partition coefficient (Wildman–Crippen LogP) is -0.982. The van der Waals surface area contributed by atoms with Crippen LogP contribution in [0.3, 0.4) is 0 Å². The minimum atomic E-state index is -3.74. The van der Waals surface area contributed by atoms with Crippen molar-refractivity contribution in [1.82, 2.24) is 0 Å². The van der Waals surface area contributed by atoms with E-state index >= 15 is 0 Å². The molecule has 1 aliphatic heterocycles. The molecule has 0 saturated carbocycles. The van der Waals surface area contributed by atoms with Crippen LogP contribution >= 0.6 is 11.6 Å². The molecule has 1 aliphatic rings. The van der Waals surface area contributed by atoms with Gasteiger partial charge in [0.15, 0.2) is 0 Å². The van der Waals surface area contributed by atoms with Crippen LogP contribution in [0.5, 0.6) is 0 Å². The highest BCUT2D eigenvalue weighted by Gasteiger charge is 2.45. The van der Waals surface area contributed by atoms with E-state index in [1.165, 1.54) is 0 Å². The van der Waals surface area contributed by atoms with E-state index in [1.54, 1.807) is 0 Å². The van der Waals surface area contributed by atoms with E-state index in [-0.39, 0.29) is 6.61 Å². The molecule has 0 radical (unpaired) electrons. The first kappa shape index (κ1) is 6.47. The zero-order valence-corrected chi connectivity index (χ0v) is 5.63. The van der Waals surface area contributed by atoms with Gasteiger partial charge in [0.25, 0.3) is 0 Å². The van der Waals surface area contributed by atoms with Crippen molar-refractivity contribution in [3.63, 3.8) is 0 Å². The summed E-state index contributed by atoms with van der Waals surface area (Å²) in [6.07, 6.45) is 0. The van der Waals surface area contributed by atoms with Crippen LogP contribution < -0.4 is 0 Å². The molecule has 0 aromatic rings. The van der Waals surface area contributed by atoms with Crippen molar-refractivity contribution in [2.24, 2.45) is 0 Å². The number of hydrogen-bond acceptors (Lipinski definition) is 4. The van der Waals surface area contributed by atoms with Gasteiger partial charge >= 0.3 is 9.05 Å². The largest absolute Gasteiger partial charge is 0.675 e. The molecule has 8 heavy (non-hydrogen) atoms. The fourth-order valence-electron chi connectivity index (χ4n) is 0.409. The lowest BCUT2D eigenvalue weighted by Crippen LogP contribution is -2.36. The van der Waals surface area contributed by atoms with Crippen LogP contribution in [-0.4, -0.2) is 30.8 Å². The Kier molecular flexibility index (Phi) is 1.57. The molecular weight excluding hydrogens is 152 g/mol. The molecule has 2 N–H and O–H groups in total. The third-order valence-corrected chi connectivity index (χ3v) is 2.18. The summed E-state index contributed by atoms with van der Waals surface area (Å²) in [5.74, 6) is 0. The van der Waals surface area contributed by atoms with Crippen molar-refractivity contribution >= 4 is 20.6 Å². The molecule has 0 spiro atoms. The summed E-state index contributed by atoms with van der Waals surface area (Å²) >= 11 is 5.26. The molecule has 0 bridgehead atoms. The highest BCUT2D eigenvalue weighted by molar-refractivity contribution is 6.52. The number of alkyl halides is 1. The Labute approximate surface area is 52.1 Å². The highest BCUT2D eigenvalue weighted by Crippen LogP contribution is 2.15. The van der Waals surface area contributed by atoms with Crippen LogP contribution in [0.2, 0.25) is 0 Å². The first-order valence-corrected chi connectivity index (χ1v) is 4.15. The fourth-order valence-corrected chi connectivity index (χ4v) is 1.76. The Bertz CT molecular complexity index is 96.0. The second kappa shape index (κ2) is 1.94. The molecule has 48 valence electrons. The molecular formula is C2H5ClO4Si. The van der Waals surface area contributed by atoms with Crippen LogP contribution in [0.1, 0.15) is 0 Å². The van der Waals surface area contributed by atoms with Gasteiger partial charge in [-0.25, -0.2) is 0 Å². The second-order valence-corrected chi connectivity index (χ2v) is 3.50. The second-order valence-electron chi connectivity index (χ2n) is 1.39. The van der Waals surface area contributed by atoms with E-state index < -0.39 is 14.6 Å². The molecule has 4 nitrogen and oxygen atoms in total. The maximum atomic E-state index is 8.53. The maximum Gasteiger partial charge on any atom is 0.675 e. The standard InChI is InChI=1S/C2H5ClO4Si/c3-2-1-6-8(4,5)7-2/h2,4-5H,1H2. The molecule has 0 aliphatic carbocycles. The Balaban J connectivity index is 2.44. The summed E-state index contributed by atoms with van der Waals surface area (Å²) in [5, 5.41) is 0. The Morgan fingerprint density at radius 1 is 1.62 bits per heavy atom. The van der Waals surface area contributed by atoms with Gasteiger partial charge in [-0.05, 0) is 0 Å². The summed E-state index contributed by atoms with van der Waals surface area (Å²) < 4.78 is 8.69. The van der Waals surface area contributed by atoms with E-state index in [9.17, 15) is 0 Å². The van der Waals surface area contributed by atoms with Crippen molar-refractivity contribution in [2.45, 2.75) is 5.56 Å². The Morgan fingerprint density at radius 3 is 2.38 bits per heavy atom. The summed E-state index contributed by atoms with van der Waals surface area (Å²) in [6, 6.07) is 0. The summed E-state index contributed by atoms with van der Waals surface area (Å²) in [4.78, 5) is 17.1. The van der Waals surface area contributed by atoms with Gasteiger partial charge in [0.05, 0.1) is 6.61 Å². The van der Waals surface area contributed by atoms with Crippen LogP contribution in [0.15, 0.2) is 0 Å². The summed E-state index contributed by atoms with van der Waals surface area (Å²) in [5.41, 5.74) is -0.698. The molecule has 0 aromatic carbocycles. The van der Waals surface area contributed by atoms with Gasteiger partial charge in [0, 0.05) is 0 Å². The SMILES string of the molecule is O[Si]1(O)OCC(Cl)O1. The molecule has 1 rings (SSSR count). The van der Waals surface area contributed by atoms with Gasteiger partial charge in [-0.1, -0.05) is 11.6 Å². The van der Waals surface area contributed by atoms with E-state index in [0.29, 0.717) is 0 Å². The average Bonchev–Trinajstić information content (AvgIpc) is 1.82. The molecule has 0 amide bonds. The van der Waals surface area contributed by atoms with Gasteiger partial charge in [0.2, 0.25) is 0 Å². The fraction of sp³-hybridized carbons (Fsp3) is 1.00. The maximum absolute atomic E-state index is 8.53. The molecule has 1 fully saturated rings. The quantitative estimate of drug-likeness (QED) is 0.350. The predicted molar refractivity (Wildman–Crippen MR) is 26.9 cm³/mol. The van der Waals surface area contributed by atoms with E-state index in [4.69, 9.17) is 21.2 Å². The zero-order chi connectivity index (χ0) is 6.20. The molecule has 1 heterocycles. The van der Waals surface area contributed by atoms with Crippen LogP contribution in [-0.2, 0) is 8.85 Å². The number of hydrogen-bond donors (Lipinski definition) is 2. The lowest BCUT2D eigenvalue weighted by atomic mass is 10.8. The van der Waals surface area contributed by atoms with Crippen LogP contribution in [0.4, 0.5) is 0 Å². The van der Waals surface area contributed by atoms with Crippen molar-refractivity contribution < 1.29 is 18.4 Å². The summed E-state index contributed by atoms with van der Waals surface area (Å²) in [7, 11) is -3.74. The minimum absolute atomic E-state index is 0.0563. The average molecular weight is 157 g/mol. The van der Waals surface area contributed by atoms with Gasteiger partial charge < -0.3 is 18.4 Å². The Morgan fingerprint density at radius 2 is 2.25 bits per heavy atom. The van der Waals surface area contributed by atoms with Gasteiger partial charge in [-0.15, -0.1) is 0 Å². The zero-order valence-electron chi connectivity index (χ0n) is 3.87. The van der Waals surface area contributed by atoms with Gasteiger partial charge in [0.1, 0.15) is 5.56 Å². The van der Waals surface area contributed by atoms with Gasteiger partial charge in [-0.2, -0.15) is 0 Å². The van der Waals surface area contributed by atoms with Crippen molar-refractivity contribution in [1.29, 1.82) is 0 Å². The minimum Gasteiger partial charge on any atom is -0.367 e. The van der Waals surface area contributed by atoms with Crippen LogP contribution in [0.25, 0.3) is 0 Å². The normalized spacial score (nSPS) is 35.6. The van der Waals surface area contributed by atoms with Crippen molar-refractivity contribution in [3.8, 4) is 0 Å². The van der Waals surface area contributed by atoms with Crippen LogP contribution in [0, 0.1) is 0 Å². The third kappa shape index (κ3) is 1.41. The topological polar surface area (TPSA) is 58.9 Å². The smallest absolute Gasteiger partial charge is 0.367 e. The molecule has 1 atom stereocenters. The van der Waals surface area contributed by atoms with Crippen molar-refractivity contribution in [2.75, 3.05) is 6.61 Å². The number of halogens is 1. The molecule has 6 heteroatoms. The summed E-state index contributed by atoms with van der Waals surface area (Å²) in [6.45, 7) is 0.0563. The highest BCUT2D eigenvalue weighted by atomic mass is 35.5. The Hall–Kier alpha value is 0.347. The van der Waals surface area contributed by atoms with Crippen molar-refractivity contribution in [3.05, 3.63) is 0 Å². The molecule has 1 unspecified atom stereocenters. The first-order chi connectivity index (χ1) is 3.60. The number of rotatable bonds is 0. The third-order valence-electron chi connectivity index (χ3n) is 0.684. The van der Waals surface area contributed by atoms with E-state index in [1.807, 2.05) is 0 Å². The first-order valence-electron chi connectivity index (χ1n) is 2.01. The molecule has 1 saturated heterocycles. The lowest BCUT2D eigenvalue weighted by molar-refractivity contribution is 0.107.